The van der Waals surface area contributed by atoms with Crippen molar-refractivity contribution in [3.05, 3.63) is 39.9 Å². The van der Waals surface area contributed by atoms with Crippen LogP contribution in [0.3, 0.4) is 0 Å². The van der Waals surface area contributed by atoms with Crippen molar-refractivity contribution >= 4 is 21.5 Å². The van der Waals surface area contributed by atoms with Crippen LogP contribution >= 0.6 is 15.9 Å². The van der Waals surface area contributed by atoms with Gasteiger partial charge >= 0.3 is 0 Å². The van der Waals surface area contributed by atoms with Crippen molar-refractivity contribution in [1.29, 1.82) is 5.26 Å². The van der Waals surface area contributed by atoms with E-state index in [0.29, 0.717) is 0 Å². The number of hydrogen-bond donors (Lipinski definition) is 0. The third-order valence-electron chi connectivity index (χ3n) is 2.58. The van der Waals surface area contributed by atoms with Crippen LogP contribution in [0, 0.1) is 17.2 Å². The first kappa shape index (κ1) is 9.48. The number of nitriles is 1. The highest BCUT2D eigenvalue weighted by molar-refractivity contribution is 9.10. The highest BCUT2D eigenvalue weighted by atomic mass is 79.9. The van der Waals surface area contributed by atoms with Crippen molar-refractivity contribution in [2.24, 2.45) is 5.92 Å². The number of halogens is 1. The lowest BCUT2D eigenvalue weighted by atomic mass is 9.97. The van der Waals surface area contributed by atoms with E-state index in [9.17, 15) is 0 Å². The third-order valence-corrected chi connectivity index (χ3v) is 3.07. The maximum atomic E-state index is 8.88. The van der Waals surface area contributed by atoms with Crippen molar-refractivity contribution in [3.8, 4) is 6.07 Å². The van der Waals surface area contributed by atoms with E-state index in [0.717, 1.165) is 10.9 Å². The van der Waals surface area contributed by atoms with Gasteiger partial charge in [0, 0.05) is 4.47 Å². The Bertz CT molecular complexity index is 440. The molecule has 0 aliphatic heterocycles. The number of benzene rings is 1. The number of allylic oxidation sites excluding steroid dienone is 2. The van der Waals surface area contributed by atoms with E-state index in [1.54, 1.807) is 0 Å². The topological polar surface area (TPSA) is 23.8 Å². The second kappa shape index (κ2) is 3.59. The van der Waals surface area contributed by atoms with Gasteiger partial charge in [0.15, 0.2) is 0 Å². The highest BCUT2D eigenvalue weighted by Crippen LogP contribution is 2.33. The summed E-state index contributed by atoms with van der Waals surface area (Å²) in [6.07, 6.45) is 3.11. The van der Waals surface area contributed by atoms with Crippen LogP contribution in [0.4, 0.5) is 0 Å². The van der Waals surface area contributed by atoms with E-state index in [4.69, 9.17) is 5.26 Å². The minimum Gasteiger partial charge on any atom is -0.198 e. The van der Waals surface area contributed by atoms with Crippen molar-refractivity contribution in [1.82, 2.24) is 0 Å². The molecule has 2 rings (SSSR count). The first-order valence-electron chi connectivity index (χ1n) is 4.61. The van der Waals surface area contributed by atoms with E-state index in [-0.39, 0.29) is 5.92 Å². The molecule has 1 aliphatic carbocycles. The Morgan fingerprint density at radius 1 is 1.50 bits per heavy atom. The average Bonchev–Trinajstić information content (AvgIpc) is 2.59. The molecule has 70 valence electrons. The van der Waals surface area contributed by atoms with Gasteiger partial charge in [-0.25, -0.2) is 0 Å². The summed E-state index contributed by atoms with van der Waals surface area (Å²) in [4.78, 5) is 0. The summed E-state index contributed by atoms with van der Waals surface area (Å²) < 4.78 is 1.11. The number of fused-ring (bicyclic) bond motifs is 1. The minimum absolute atomic E-state index is 0.00238. The molecule has 0 bridgehead atoms. The molecule has 0 aromatic heterocycles. The van der Waals surface area contributed by atoms with E-state index in [1.165, 1.54) is 16.7 Å². The molecule has 0 saturated carbocycles. The quantitative estimate of drug-likeness (QED) is 0.745. The number of hydrogen-bond acceptors (Lipinski definition) is 1. The van der Waals surface area contributed by atoms with Gasteiger partial charge in [-0.05, 0) is 42.2 Å². The fraction of sp³-hybridized carbons (Fsp3) is 0.250. The predicted octanol–water partition coefficient (Wildman–Crippen LogP) is 3.55. The molecule has 0 spiro atoms. The van der Waals surface area contributed by atoms with Crippen LogP contribution in [0.5, 0.6) is 0 Å². The van der Waals surface area contributed by atoms with Crippen molar-refractivity contribution < 1.29 is 0 Å². The van der Waals surface area contributed by atoms with Crippen molar-refractivity contribution in [2.75, 3.05) is 0 Å². The molecule has 0 amide bonds. The Morgan fingerprint density at radius 2 is 2.29 bits per heavy atom. The zero-order valence-corrected chi connectivity index (χ0v) is 9.51. The van der Waals surface area contributed by atoms with Gasteiger partial charge in [0.2, 0.25) is 0 Å². The fourth-order valence-electron chi connectivity index (χ4n) is 1.82. The molecule has 0 fully saturated rings. The van der Waals surface area contributed by atoms with Crippen molar-refractivity contribution in [2.45, 2.75) is 13.3 Å². The molecule has 1 unspecified atom stereocenters. The van der Waals surface area contributed by atoms with E-state index < -0.39 is 0 Å². The molecule has 0 N–H and O–H groups in total. The van der Waals surface area contributed by atoms with Gasteiger partial charge in [0.1, 0.15) is 0 Å². The number of nitrogens with zero attached hydrogens (tertiary/aromatic N) is 1. The molecule has 14 heavy (non-hydrogen) atoms. The third kappa shape index (κ3) is 1.49. The summed E-state index contributed by atoms with van der Waals surface area (Å²) >= 11 is 3.45. The van der Waals surface area contributed by atoms with Crippen LogP contribution < -0.4 is 0 Å². The summed E-state index contributed by atoms with van der Waals surface area (Å²) in [5.41, 5.74) is 3.73. The van der Waals surface area contributed by atoms with Crippen LogP contribution in [-0.4, -0.2) is 0 Å². The van der Waals surface area contributed by atoms with Gasteiger partial charge in [-0.3, -0.25) is 0 Å². The van der Waals surface area contributed by atoms with E-state index in [2.05, 4.69) is 40.2 Å². The Kier molecular flexibility index (Phi) is 2.43. The largest absolute Gasteiger partial charge is 0.198 e. The molecule has 0 heterocycles. The zero-order valence-electron chi connectivity index (χ0n) is 7.92. The van der Waals surface area contributed by atoms with E-state index in [1.807, 2.05) is 13.0 Å². The zero-order chi connectivity index (χ0) is 10.1. The second-order valence-electron chi connectivity index (χ2n) is 3.52. The lowest BCUT2D eigenvalue weighted by Crippen LogP contribution is -1.93. The van der Waals surface area contributed by atoms with Crippen LogP contribution in [-0.2, 0) is 6.42 Å². The van der Waals surface area contributed by atoms with E-state index >= 15 is 0 Å². The standard InChI is InChI=1S/C12H10BrN/c1-8(7-14)11-4-2-9-6-10(13)3-5-12(9)11/h3-6,8H,2H2,1H3. The molecular formula is C12H10BrN. The molecular weight excluding hydrogens is 238 g/mol. The molecule has 1 aliphatic rings. The average molecular weight is 248 g/mol. The van der Waals surface area contributed by atoms with Gasteiger partial charge in [-0.1, -0.05) is 28.1 Å². The first-order chi connectivity index (χ1) is 6.72. The van der Waals surface area contributed by atoms with Gasteiger partial charge in [-0.2, -0.15) is 5.26 Å². The molecule has 0 saturated heterocycles. The first-order valence-corrected chi connectivity index (χ1v) is 5.40. The van der Waals surface area contributed by atoms with Gasteiger partial charge in [0.25, 0.3) is 0 Å². The molecule has 1 aromatic carbocycles. The highest BCUT2D eigenvalue weighted by Gasteiger charge is 2.18. The normalized spacial score (nSPS) is 15.6. The lowest BCUT2D eigenvalue weighted by molar-refractivity contribution is 0.983. The predicted molar refractivity (Wildman–Crippen MR) is 60.6 cm³/mol. The second-order valence-corrected chi connectivity index (χ2v) is 4.43. The maximum absolute atomic E-state index is 8.88. The smallest absolute Gasteiger partial charge is 0.0701 e. The summed E-state index contributed by atoms with van der Waals surface area (Å²) in [5.74, 6) is -0.00238. The van der Waals surface area contributed by atoms with Crippen LogP contribution in [0.2, 0.25) is 0 Å². The van der Waals surface area contributed by atoms with Crippen LogP contribution in [0.25, 0.3) is 5.57 Å². The Balaban J connectivity index is 2.43. The summed E-state index contributed by atoms with van der Waals surface area (Å²) in [6, 6.07) is 8.53. The summed E-state index contributed by atoms with van der Waals surface area (Å²) in [6.45, 7) is 1.95. The fourth-order valence-corrected chi connectivity index (χ4v) is 2.23. The Morgan fingerprint density at radius 3 is 3.00 bits per heavy atom. The Labute approximate surface area is 92.2 Å². The van der Waals surface area contributed by atoms with Crippen molar-refractivity contribution in [3.63, 3.8) is 0 Å². The molecule has 1 aromatic rings. The van der Waals surface area contributed by atoms with Crippen LogP contribution in [0.15, 0.2) is 28.7 Å². The molecule has 2 heteroatoms. The Hall–Kier alpha value is -1.07. The minimum atomic E-state index is -0.00238. The molecule has 1 nitrogen and oxygen atoms in total. The lowest BCUT2D eigenvalue weighted by Gasteiger charge is -2.07. The molecule has 0 radical (unpaired) electrons. The van der Waals surface area contributed by atoms with Gasteiger partial charge in [0.05, 0.1) is 12.0 Å². The summed E-state index contributed by atoms with van der Waals surface area (Å²) in [5, 5.41) is 8.88. The monoisotopic (exact) mass is 247 g/mol. The molecule has 1 atom stereocenters. The van der Waals surface area contributed by atoms with Crippen LogP contribution in [0.1, 0.15) is 18.1 Å². The summed E-state index contributed by atoms with van der Waals surface area (Å²) in [7, 11) is 0. The van der Waals surface area contributed by atoms with Gasteiger partial charge in [-0.15, -0.1) is 0 Å². The van der Waals surface area contributed by atoms with Gasteiger partial charge < -0.3 is 0 Å². The maximum Gasteiger partial charge on any atom is 0.0701 e. The number of rotatable bonds is 1. The SMILES string of the molecule is CC(C#N)C1=CCc2cc(Br)ccc21.